The summed E-state index contributed by atoms with van der Waals surface area (Å²) >= 11 is 0. The third kappa shape index (κ3) is 1.37. The van der Waals surface area contributed by atoms with Gasteiger partial charge in [0, 0.05) is 21.8 Å². The summed E-state index contributed by atoms with van der Waals surface area (Å²) in [6, 6.07) is 15.2. The summed E-state index contributed by atoms with van der Waals surface area (Å²) in [5, 5.41) is 2.75. The molecule has 1 aliphatic rings. The fraction of sp³-hybridized carbons (Fsp3) is 0.158. The number of H-pyrrole nitrogens is 2. The molecule has 21 heavy (non-hydrogen) atoms. The number of aryl methyl sites for hydroxylation is 3. The molecule has 0 saturated carbocycles. The first-order valence-corrected chi connectivity index (χ1v) is 7.53. The van der Waals surface area contributed by atoms with Gasteiger partial charge < -0.3 is 9.97 Å². The Hall–Kier alpha value is -2.48. The van der Waals surface area contributed by atoms with E-state index in [4.69, 9.17) is 0 Å². The highest BCUT2D eigenvalue weighted by Gasteiger charge is 2.24. The van der Waals surface area contributed by atoms with Crippen LogP contribution in [-0.2, 0) is 12.8 Å². The van der Waals surface area contributed by atoms with E-state index >= 15 is 0 Å². The van der Waals surface area contributed by atoms with Gasteiger partial charge in [-0.1, -0.05) is 36.4 Å². The van der Waals surface area contributed by atoms with Gasteiger partial charge in [-0.05, 0) is 42.5 Å². The van der Waals surface area contributed by atoms with E-state index < -0.39 is 0 Å². The summed E-state index contributed by atoms with van der Waals surface area (Å²) in [6.45, 7) is 2.18. The molecule has 0 fully saturated rings. The van der Waals surface area contributed by atoms with Gasteiger partial charge in [0.15, 0.2) is 0 Å². The summed E-state index contributed by atoms with van der Waals surface area (Å²) in [6.07, 6.45) is 2.24. The smallest absolute Gasteiger partial charge is 0.0666 e. The van der Waals surface area contributed by atoms with Crippen LogP contribution in [0.25, 0.3) is 33.2 Å². The summed E-state index contributed by atoms with van der Waals surface area (Å²) in [5.74, 6) is 0. The number of aromatic nitrogens is 2. The summed E-state index contributed by atoms with van der Waals surface area (Å²) in [7, 11) is 0. The number of benzene rings is 2. The molecule has 0 unspecified atom stereocenters. The van der Waals surface area contributed by atoms with Crippen molar-refractivity contribution in [3.05, 3.63) is 59.2 Å². The second-order valence-electron chi connectivity index (χ2n) is 6.00. The Kier molecular flexibility index (Phi) is 2.02. The maximum atomic E-state index is 3.67. The van der Waals surface area contributed by atoms with E-state index in [0.29, 0.717) is 0 Å². The Morgan fingerprint density at radius 1 is 0.762 bits per heavy atom. The summed E-state index contributed by atoms with van der Waals surface area (Å²) < 4.78 is 0. The quantitative estimate of drug-likeness (QED) is 0.464. The average molecular weight is 272 g/mol. The van der Waals surface area contributed by atoms with Crippen LogP contribution in [0.3, 0.4) is 0 Å². The molecule has 102 valence electrons. The molecule has 2 nitrogen and oxygen atoms in total. The lowest BCUT2D eigenvalue weighted by Gasteiger charge is -2.12. The van der Waals surface area contributed by atoms with Gasteiger partial charge in [0.2, 0.25) is 0 Å². The molecule has 2 N–H and O–H groups in total. The van der Waals surface area contributed by atoms with E-state index in [0.717, 1.165) is 12.8 Å². The molecule has 0 amide bonds. The molecule has 0 aliphatic heterocycles. The lowest BCUT2D eigenvalue weighted by Crippen LogP contribution is -2.01. The van der Waals surface area contributed by atoms with Gasteiger partial charge in [-0.15, -0.1) is 0 Å². The largest absolute Gasteiger partial charge is 0.353 e. The molecule has 2 heteroatoms. The van der Waals surface area contributed by atoms with Crippen molar-refractivity contribution in [2.24, 2.45) is 0 Å². The molecule has 0 atom stereocenters. The number of nitrogens with one attached hydrogen (secondary N) is 2. The van der Waals surface area contributed by atoms with Crippen LogP contribution in [0.4, 0.5) is 0 Å². The summed E-state index contributed by atoms with van der Waals surface area (Å²) in [5.41, 5.74) is 9.35. The minimum absolute atomic E-state index is 1.12. The third-order valence-electron chi connectivity index (χ3n) is 4.84. The summed E-state index contributed by atoms with van der Waals surface area (Å²) in [4.78, 5) is 7.29. The molecular formula is C19H16N2. The highest BCUT2D eigenvalue weighted by molar-refractivity contribution is 5.98. The molecule has 0 radical (unpaired) electrons. The van der Waals surface area contributed by atoms with Gasteiger partial charge in [0.1, 0.15) is 0 Å². The molecule has 4 aromatic rings. The van der Waals surface area contributed by atoms with Gasteiger partial charge >= 0.3 is 0 Å². The van der Waals surface area contributed by atoms with Crippen molar-refractivity contribution in [3.63, 3.8) is 0 Å². The molecule has 1 aliphatic carbocycles. The lowest BCUT2D eigenvalue weighted by atomic mass is 9.92. The second-order valence-corrected chi connectivity index (χ2v) is 6.00. The van der Waals surface area contributed by atoms with Crippen LogP contribution >= 0.6 is 0 Å². The first-order chi connectivity index (χ1) is 10.3. The standard InChI is InChI=1S/C19H16N2/c1-11-5-4-7-13-15-10-9-14-12-6-2-3-8-16(12)20-18(14)19(15)21-17(11)13/h2-8,20-21H,9-10H2,1H3. The van der Waals surface area contributed by atoms with Gasteiger partial charge in [-0.25, -0.2) is 0 Å². The van der Waals surface area contributed by atoms with Crippen LogP contribution in [0.2, 0.25) is 0 Å². The molecule has 2 aromatic carbocycles. The number of hydrogen-bond acceptors (Lipinski definition) is 0. The number of para-hydroxylation sites is 2. The Morgan fingerprint density at radius 3 is 2.38 bits per heavy atom. The molecule has 2 aromatic heterocycles. The number of fused-ring (bicyclic) bond motifs is 7. The Morgan fingerprint density at radius 2 is 1.48 bits per heavy atom. The van der Waals surface area contributed by atoms with Gasteiger partial charge in [-0.3, -0.25) is 0 Å². The zero-order valence-electron chi connectivity index (χ0n) is 12.0. The Labute approximate surface area is 122 Å². The van der Waals surface area contributed by atoms with Crippen molar-refractivity contribution in [1.82, 2.24) is 9.97 Å². The van der Waals surface area contributed by atoms with Crippen molar-refractivity contribution < 1.29 is 0 Å². The molecule has 0 bridgehead atoms. The predicted molar refractivity (Wildman–Crippen MR) is 87.7 cm³/mol. The monoisotopic (exact) mass is 272 g/mol. The van der Waals surface area contributed by atoms with Crippen LogP contribution in [0.15, 0.2) is 42.5 Å². The second kappa shape index (κ2) is 3.79. The molecule has 5 rings (SSSR count). The highest BCUT2D eigenvalue weighted by atomic mass is 14.8. The third-order valence-corrected chi connectivity index (χ3v) is 4.84. The maximum Gasteiger partial charge on any atom is 0.0666 e. The average Bonchev–Trinajstić information content (AvgIpc) is 3.06. The molecule has 2 heterocycles. The fourth-order valence-electron chi connectivity index (χ4n) is 3.82. The van der Waals surface area contributed by atoms with E-state index in [1.807, 2.05) is 0 Å². The zero-order chi connectivity index (χ0) is 14.0. The van der Waals surface area contributed by atoms with Crippen molar-refractivity contribution in [2.45, 2.75) is 19.8 Å². The van der Waals surface area contributed by atoms with Gasteiger partial charge in [-0.2, -0.15) is 0 Å². The first-order valence-electron chi connectivity index (χ1n) is 7.53. The van der Waals surface area contributed by atoms with E-state index in [2.05, 4.69) is 59.4 Å². The predicted octanol–water partition coefficient (Wildman–Crippen LogP) is 4.72. The Balaban J connectivity index is 1.91. The van der Waals surface area contributed by atoms with Crippen molar-refractivity contribution in [2.75, 3.05) is 0 Å². The van der Waals surface area contributed by atoms with Crippen molar-refractivity contribution in [3.8, 4) is 11.4 Å². The normalized spacial score (nSPS) is 13.6. The SMILES string of the molecule is Cc1cccc2c3c([nH]c12)-c1[nH]c2ccccc2c1CC3. The lowest BCUT2D eigenvalue weighted by molar-refractivity contribution is 0.953. The molecule has 0 spiro atoms. The minimum atomic E-state index is 1.12. The van der Waals surface area contributed by atoms with E-state index in [9.17, 15) is 0 Å². The van der Waals surface area contributed by atoms with E-state index in [-0.39, 0.29) is 0 Å². The van der Waals surface area contributed by atoms with Crippen LogP contribution < -0.4 is 0 Å². The first kappa shape index (κ1) is 11.2. The number of aromatic amines is 2. The van der Waals surface area contributed by atoms with Crippen LogP contribution in [0, 0.1) is 6.92 Å². The minimum Gasteiger partial charge on any atom is -0.353 e. The molecular weight excluding hydrogens is 256 g/mol. The fourth-order valence-corrected chi connectivity index (χ4v) is 3.82. The zero-order valence-corrected chi connectivity index (χ0v) is 12.0. The topological polar surface area (TPSA) is 31.6 Å². The van der Waals surface area contributed by atoms with E-state index in [1.165, 1.54) is 49.9 Å². The molecule has 0 saturated heterocycles. The van der Waals surface area contributed by atoms with Crippen LogP contribution in [0.1, 0.15) is 16.7 Å². The number of rotatable bonds is 0. The van der Waals surface area contributed by atoms with Crippen molar-refractivity contribution >= 4 is 21.8 Å². The Bertz CT molecular complexity index is 1000. The van der Waals surface area contributed by atoms with Crippen LogP contribution in [-0.4, -0.2) is 9.97 Å². The van der Waals surface area contributed by atoms with Gasteiger partial charge in [0.05, 0.1) is 11.4 Å². The van der Waals surface area contributed by atoms with Crippen LogP contribution in [0.5, 0.6) is 0 Å². The van der Waals surface area contributed by atoms with Crippen molar-refractivity contribution in [1.29, 1.82) is 0 Å². The van der Waals surface area contributed by atoms with Gasteiger partial charge in [0.25, 0.3) is 0 Å². The number of hydrogen-bond donors (Lipinski definition) is 2. The highest BCUT2D eigenvalue weighted by Crippen LogP contribution is 2.40. The maximum absolute atomic E-state index is 3.67. The van der Waals surface area contributed by atoms with E-state index in [1.54, 1.807) is 0 Å².